The molecule has 0 radical (unpaired) electrons. The molecule has 2 aliphatic rings. The number of hydrogen-bond acceptors (Lipinski definition) is 5. The number of rotatable bonds is 5. The van der Waals surface area contributed by atoms with Gasteiger partial charge in [-0.2, -0.15) is 8.78 Å². The summed E-state index contributed by atoms with van der Waals surface area (Å²) in [4.78, 5) is 37.6. The maximum absolute atomic E-state index is 13.0. The van der Waals surface area contributed by atoms with Gasteiger partial charge in [0.2, 0.25) is 0 Å². The molecular weight excluding hydrogens is 404 g/mol. The molecule has 0 bridgehead atoms. The Balaban J connectivity index is 2.00. The predicted molar refractivity (Wildman–Crippen MR) is 93.0 cm³/mol. The predicted octanol–water partition coefficient (Wildman–Crippen LogP) is 3.78. The first-order valence-electron chi connectivity index (χ1n) is 7.92. The standard InChI is InChI=1S/C17H14ClF2NO5S/c1-7-9(5-12(23)24)14-10(2-3-11(22)15(14)18)21(7)16(25)8-4-13(27-6-8)26-17(19)20/h4,6,10,17H,2-3,5H2,1H3,(H,23,24). The van der Waals surface area contributed by atoms with Gasteiger partial charge in [0.05, 0.1) is 23.1 Å². The Bertz CT molecular complexity index is 892. The van der Waals surface area contributed by atoms with E-state index in [9.17, 15) is 28.3 Å². The van der Waals surface area contributed by atoms with Crippen molar-refractivity contribution in [3.63, 3.8) is 0 Å². The molecule has 3 rings (SSSR count). The number of aliphatic carboxylic acids is 1. The van der Waals surface area contributed by atoms with Crippen LogP contribution in [0.5, 0.6) is 5.06 Å². The molecule has 10 heteroatoms. The number of carbonyl (C=O) groups is 3. The highest BCUT2D eigenvalue weighted by Gasteiger charge is 2.43. The fourth-order valence-electron chi connectivity index (χ4n) is 3.37. The zero-order valence-electron chi connectivity index (χ0n) is 14.0. The number of fused-ring (bicyclic) bond motifs is 1. The second-order valence-corrected chi connectivity index (χ2v) is 7.30. The Labute approximate surface area is 161 Å². The first kappa shape index (κ1) is 19.5. The summed E-state index contributed by atoms with van der Waals surface area (Å²) in [6.07, 6.45) is 0.0588. The highest BCUT2D eigenvalue weighted by molar-refractivity contribution is 7.12. The Morgan fingerprint density at radius 1 is 1.48 bits per heavy atom. The van der Waals surface area contributed by atoms with Crippen LogP contribution in [0.1, 0.15) is 36.5 Å². The number of Topliss-reactive ketones (excluding diaryl/α,β-unsaturated/α-hetero) is 1. The Hall–Kier alpha value is -2.26. The lowest BCUT2D eigenvalue weighted by molar-refractivity contribution is -0.136. The Morgan fingerprint density at radius 2 is 2.19 bits per heavy atom. The normalized spacial score (nSPS) is 19.8. The van der Waals surface area contributed by atoms with Crippen LogP contribution in [0, 0.1) is 0 Å². The van der Waals surface area contributed by atoms with Crippen molar-refractivity contribution in [3.8, 4) is 5.06 Å². The Kier molecular flexibility index (Phi) is 5.34. The van der Waals surface area contributed by atoms with Gasteiger partial charge in [0, 0.05) is 29.1 Å². The van der Waals surface area contributed by atoms with E-state index in [-0.39, 0.29) is 34.3 Å². The van der Waals surface area contributed by atoms with Crippen molar-refractivity contribution < 1.29 is 33.0 Å². The smallest absolute Gasteiger partial charge is 0.388 e. The summed E-state index contributed by atoms with van der Waals surface area (Å²) < 4.78 is 29.0. The molecule has 1 aliphatic carbocycles. The molecule has 0 saturated carbocycles. The number of carbonyl (C=O) groups excluding carboxylic acids is 2. The number of amides is 1. The van der Waals surface area contributed by atoms with E-state index in [2.05, 4.69) is 4.74 Å². The summed E-state index contributed by atoms with van der Waals surface area (Å²) in [5.41, 5.74) is 1.22. The summed E-state index contributed by atoms with van der Waals surface area (Å²) in [5.74, 6) is -1.90. The van der Waals surface area contributed by atoms with Crippen LogP contribution < -0.4 is 4.74 Å². The van der Waals surface area contributed by atoms with Gasteiger partial charge in [0.25, 0.3) is 5.91 Å². The van der Waals surface area contributed by atoms with Crippen LogP contribution in [-0.2, 0) is 9.59 Å². The Morgan fingerprint density at radius 3 is 2.81 bits per heavy atom. The van der Waals surface area contributed by atoms with Gasteiger partial charge in [-0.15, -0.1) is 11.3 Å². The molecule has 1 aromatic heterocycles. The van der Waals surface area contributed by atoms with E-state index in [0.717, 1.165) is 11.3 Å². The number of carboxylic acid groups (broad SMARTS) is 1. The molecule has 1 aromatic rings. The fourth-order valence-corrected chi connectivity index (χ4v) is 4.44. The van der Waals surface area contributed by atoms with Crippen molar-refractivity contribution >= 4 is 40.6 Å². The summed E-state index contributed by atoms with van der Waals surface area (Å²) in [6.45, 7) is -1.42. The number of thiophene rings is 1. The second kappa shape index (κ2) is 7.40. The van der Waals surface area contributed by atoms with Gasteiger partial charge in [-0.05, 0) is 18.9 Å². The summed E-state index contributed by atoms with van der Waals surface area (Å²) in [5, 5.41) is 10.4. The van der Waals surface area contributed by atoms with Gasteiger partial charge >= 0.3 is 12.6 Å². The van der Waals surface area contributed by atoms with E-state index >= 15 is 0 Å². The van der Waals surface area contributed by atoms with Gasteiger partial charge in [0.1, 0.15) is 0 Å². The number of ketones is 1. The van der Waals surface area contributed by atoms with E-state index in [4.69, 9.17) is 11.6 Å². The molecule has 1 aliphatic heterocycles. The minimum Gasteiger partial charge on any atom is -0.481 e. The van der Waals surface area contributed by atoms with Crippen molar-refractivity contribution in [3.05, 3.63) is 38.9 Å². The van der Waals surface area contributed by atoms with Crippen molar-refractivity contribution in [2.75, 3.05) is 0 Å². The monoisotopic (exact) mass is 417 g/mol. The lowest BCUT2D eigenvalue weighted by Crippen LogP contribution is -2.38. The van der Waals surface area contributed by atoms with Crippen LogP contribution in [0.15, 0.2) is 33.3 Å². The molecular formula is C17H14ClF2NO5S. The maximum atomic E-state index is 13.0. The lowest BCUT2D eigenvalue weighted by atomic mass is 9.89. The summed E-state index contributed by atoms with van der Waals surface area (Å²) in [7, 11) is 0. The number of halogens is 3. The topological polar surface area (TPSA) is 83.9 Å². The average Bonchev–Trinajstić information content (AvgIpc) is 3.13. The minimum atomic E-state index is -3.00. The molecule has 27 heavy (non-hydrogen) atoms. The molecule has 0 saturated heterocycles. The van der Waals surface area contributed by atoms with Crippen LogP contribution in [0.3, 0.4) is 0 Å². The van der Waals surface area contributed by atoms with Crippen LogP contribution in [-0.4, -0.2) is 40.3 Å². The van der Waals surface area contributed by atoms with Crippen molar-refractivity contribution in [2.45, 2.75) is 38.8 Å². The number of carboxylic acids is 1. The van der Waals surface area contributed by atoms with Crippen LogP contribution in [0.25, 0.3) is 0 Å². The van der Waals surface area contributed by atoms with Crippen molar-refractivity contribution in [1.29, 1.82) is 0 Å². The molecule has 1 N–H and O–H groups in total. The van der Waals surface area contributed by atoms with E-state index < -0.39 is 24.5 Å². The molecule has 2 heterocycles. The van der Waals surface area contributed by atoms with E-state index in [1.165, 1.54) is 16.3 Å². The van der Waals surface area contributed by atoms with Crippen LogP contribution in [0.2, 0.25) is 0 Å². The lowest BCUT2D eigenvalue weighted by Gasteiger charge is -2.29. The molecule has 144 valence electrons. The summed E-state index contributed by atoms with van der Waals surface area (Å²) >= 11 is 7.01. The second-order valence-electron chi connectivity index (χ2n) is 6.05. The number of ether oxygens (including phenoxy) is 1. The first-order valence-corrected chi connectivity index (χ1v) is 9.18. The third kappa shape index (κ3) is 3.61. The largest absolute Gasteiger partial charge is 0.481 e. The van der Waals surface area contributed by atoms with E-state index in [1.807, 2.05) is 0 Å². The van der Waals surface area contributed by atoms with Crippen molar-refractivity contribution in [1.82, 2.24) is 4.90 Å². The molecule has 0 aromatic carbocycles. The maximum Gasteiger partial charge on any atom is 0.388 e. The van der Waals surface area contributed by atoms with Gasteiger partial charge in [-0.3, -0.25) is 14.4 Å². The van der Waals surface area contributed by atoms with Gasteiger partial charge in [-0.1, -0.05) is 11.6 Å². The third-order valence-corrected chi connectivity index (χ3v) is 5.70. The number of alkyl halides is 2. The first-order chi connectivity index (χ1) is 12.7. The zero-order chi connectivity index (χ0) is 19.9. The zero-order valence-corrected chi connectivity index (χ0v) is 15.6. The fraction of sp³-hybridized carbons (Fsp3) is 0.353. The number of hydrogen-bond donors (Lipinski definition) is 1. The molecule has 1 atom stereocenters. The third-order valence-electron chi connectivity index (χ3n) is 4.47. The van der Waals surface area contributed by atoms with Gasteiger partial charge in [-0.25, -0.2) is 0 Å². The molecule has 6 nitrogen and oxygen atoms in total. The molecule has 0 spiro atoms. The SMILES string of the molecule is CC1=C(CC(=O)O)C2=C(Cl)C(=O)CCC2N1C(=O)c1csc(OC(F)F)c1. The van der Waals surface area contributed by atoms with Crippen LogP contribution in [0.4, 0.5) is 8.78 Å². The molecule has 0 fully saturated rings. The quantitative estimate of drug-likeness (QED) is 0.788. The molecule has 1 unspecified atom stereocenters. The van der Waals surface area contributed by atoms with Gasteiger partial charge in [0.15, 0.2) is 10.8 Å². The highest BCUT2D eigenvalue weighted by atomic mass is 35.5. The minimum absolute atomic E-state index is 0.0517. The van der Waals surface area contributed by atoms with Gasteiger partial charge < -0.3 is 14.7 Å². The van der Waals surface area contributed by atoms with E-state index in [1.54, 1.807) is 6.92 Å². The van der Waals surface area contributed by atoms with E-state index in [0.29, 0.717) is 23.3 Å². The van der Waals surface area contributed by atoms with Crippen molar-refractivity contribution in [2.24, 2.45) is 0 Å². The highest BCUT2D eigenvalue weighted by Crippen LogP contribution is 2.44. The average molecular weight is 418 g/mol. The number of nitrogens with zero attached hydrogens (tertiary/aromatic N) is 1. The summed E-state index contributed by atoms with van der Waals surface area (Å²) in [6, 6.07) is 0.650. The number of allylic oxidation sites excluding steroid dienone is 2. The van der Waals surface area contributed by atoms with Crippen LogP contribution >= 0.6 is 22.9 Å². The molecule has 1 amide bonds.